The summed E-state index contributed by atoms with van der Waals surface area (Å²) in [4.78, 5) is 5.58. The van der Waals surface area contributed by atoms with Crippen molar-refractivity contribution in [3.8, 4) is 0 Å². The van der Waals surface area contributed by atoms with E-state index >= 15 is 0 Å². The molecule has 0 radical (unpaired) electrons. The highest BCUT2D eigenvalue weighted by Crippen LogP contribution is 2.18. The molecule has 1 heterocycles. The molecule has 1 aromatic rings. The van der Waals surface area contributed by atoms with E-state index in [1.165, 1.54) is 4.88 Å². The van der Waals surface area contributed by atoms with Gasteiger partial charge in [0.05, 0.1) is 6.04 Å². The van der Waals surface area contributed by atoms with E-state index in [4.69, 9.17) is 10.9 Å². The van der Waals surface area contributed by atoms with Crippen LogP contribution in [0.4, 0.5) is 0 Å². The number of aromatic nitrogens is 1. The van der Waals surface area contributed by atoms with Crippen molar-refractivity contribution in [2.45, 2.75) is 39.2 Å². The number of hydrogen-bond acceptors (Lipinski definition) is 5. The van der Waals surface area contributed by atoms with Crippen LogP contribution < -0.4 is 11.1 Å². The number of amidine groups is 1. The number of nitrogens with two attached hydrogens (primary N) is 1. The number of thiazole rings is 1. The molecule has 4 N–H and O–H groups in total. The zero-order valence-corrected chi connectivity index (χ0v) is 11.1. The van der Waals surface area contributed by atoms with Gasteiger partial charge in [-0.25, -0.2) is 4.98 Å². The fourth-order valence-electron chi connectivity index (χ4n) is 1.46. The normalized spacial score (nSPS) is 13.9. The van der Waals surface area contributed by atoms with Crippen LogP contribution >= 0.6 is 11.3 Å². The van der Waals surface area contributed by atoms with Crippen molar-refractivity contribution in [3.63, 3.8) is 0 Å². The number of unbranched alkanes of at least 4 members (excludes halogenated alkanes) is 1. The first-order valence-corrected chi connectivity index (χ1v) is 6.57. The lowest BCUT2D eigenvalue weighted by Gasteiger charge is -2.10. The summed E-state index contributed by atoms with van der Waals surface area (Å²) in [5.41, 5.74) is 5.38. The van der Waals surface area contributed by atoms with E-state index in [1.54, 1.807) is 11.3 Å². The van der Waals surface area contributed by atoms with Crippen molar-refractivity contribution in [1.29, 1.82) is 0 Å². The average molecular weight is 256 g/mol. The summed E-state index contributed by atoms with van der Waals surface area (Å²) in [6, 6.07) is 0.289. The molecule has 0 amide bonds. The Hall–Kier alpha value is -1.14. The van der Waals surface area contributed by atoms with Crippen molar-refractivity contribution in [1.82, 2.24) is 10.3 Å². The van der Waals surface area contributed by atoms with Crippen LogP contribution in [-0.4, -0.2) is 22.6 Å². The highest BCUT2D eigenvalue weighted by Gasteiger charge is 2.07. The van der Waals surface area contributed by atoms with Gasteiger partial charge in [0.2, 0.25) is 0 Å². The molecule has 1 rings (SSSR count). The molecule has 0 fully saturated rings. The number of nitrogens with one attached hydrogen (secondary N) is 1. The molecule has 0 aliphatic rings. The summed E-state index contributed by atoms with van der Waals surface area (Å²) < 4.78 is 0. The van der Waals surface area contributed by atoms with E-state index in [0.29, 0.717) is 12.3 Å². The van der Waals surface area contributed by atoms with E-state index in [-0.39, 0.29) is 6.04 Å². The second-order valence-corrected chi connectivity index (χ2v) is 5.30. The highest BCUT2D eigenvalue weighted by molar-refractivity contribution is 7.11. The summed E-state index contributed by atoms with van der Waals surface area (Å²) in [5, 5.41) is 15.8. The van der Waals surface area contributed by atoms with Gasteiger partial charge in [-0.15, -0.1) is 11.3 Å². The van der Waals surface area contributed by atoms with Crippen molar-refractivity contribution < 1.29 is 5.21 Å². The Morgan fingerprint density at radius 1 is 1.65 bits per heavy atom. The molecule has 0 spiro atoms. The number of nitrogens with zero attached hydrogens (tertiary/aromatic N) is 2. The Bertz CT molecular complexity index is 364. The number of aryl methyl sites for hydroxylation is 1. The second-order valence-electron chi connectivity index (χ2n) is 4.03. The van der Waals surface area contributed by atoms with Gasteiger partial charge in [0.15, 0.2) is 0 Å². The number of hydrogen-bond donors (Lipinski definition) is 3. The van der Waals surface area contributed by atoms with Crippen LogP contribution in [0.25, 0.3) is 0 Å². The van der Waals surface area contributed by atoms with Crippen LogP contribution in [0.3, 0.4) is 0 Å². The van der Waals surface area contributed by atoms with Crippen molar-refractivity contribution in [3.05, 3.63) is 16.1 Å². The third-order valence-electron chi connectivity index (χ3n) is 2.45. The third-order valence-corrected chi connectivity index (χ3v) is 3.54. The van der Waals surface area contributed by atoms with E-state index in [1.807, 2.05) is 6.20 Å². The molecule has 0 aliphatic carbocycles. The van der Waals surface area contributed by atoms with Crippen LogP contribution in [0, 0.1) is 6.92 Å². The fraction of sp³-hybridized carbons (Fsp3) is 0.636. The maximum atomic E-state index is 8.37. The molecule has 0 aromatic carbocycles. The summed E-state index contributed by atoms with van der Waals surface area (Å²) in [6.45, 7) is 5.09. The SMILES string of the molecule is Cc1cnc(C(C)NCCCC/C(N)=N/O)s1. The summed E-state index contributed by atoms with van der Waals surface area (Å²) >= 11 is 1.72. The Kier molecular flexibility index (Phi) is 5.93. The molecule has 1 atom stereocenters. The molecule has 17 heavy (non-hydrogen) atoms. The minimum Gasteiger partial charge on any atom is -0.409 e. The van der Waals surface area contributed by atoms with Crippen LogP contribution in [0.15, 0.2) is 11.4 Å². The molecule has 0 saturated heterocycles. The Morgan fingerprint density at radius 3 is 3.00 bits per heavy atom. The molecule has 6 heteroatoms. The predicted molar refractivity (Wildman–Crippen MR) is 70.5 cm³/mol. The topological polar surface area (TPSA) is 83.5 Å². The highest BCUT2D eigenvalue weighted by atomic mass is 32.1. The Balaban J connectivity index is 2.14. The predicted octanol–water partition coefficient (Wildman–Crippen LogP) is 2.02. The summed E-state index contributed by atoms with van der Waals surface area (Å²) in [6.07, 6.45) is 4.47. The first-order chi connectivity index (χ1) is 8.13. The van der Waals surface area contributed by atoms with Crippen LogP contribution in [0.5, 0.6) is 0 Å². The molecule has 1 unspecified atom stereocenters. The standard InChI is InChI=1S/C11H20N4OS/c1-8-7-14-11(17-8)9(2)13-6-4-3-5-10(12)15-16/h7,9,13,16H,3-6H2,1-2H3,(H2,12,15). The minimum atomic E-state index is 0.289. The number of rotatable bonds is 7. The molecule has 0 aliphatic heterocycles. The lowest BCUT2D eigenvalue weighted by Crippen LogP contribution is -2.20. The summed E-state index contributed by atoms with van der Waals surface area (Å²) in [7, 11) is 0. The summed E-state index contributed by atoms with van der Waals surface area (Å²) in [5.74, 6) is 0.300. The lowest BCUT2D eigenvalue weighted by molar-refractivity contribution is 0.316. The van der Waals surface area contributed by atoms with Gasteiger partial charge >= 0.3 is 0 Å². The van der Waals surface area contributed by atoms with E-state index < -0.39 is 0 Å². The molecular formula is C11H20N4OS. The smallest absolute Gasteiger partial charge is 0.139 e. The molecule has 96 valence electrons. The minimum absolute atomic E-state index is 0.289. The van der Waals surface area contributed by atoms with E-state index in [0.717, 1.165) is 24.4 Å². The van der Waals surface area contributed by atoms with E-state index in [2.05, 4.69) is 29.3 Å². The van der Waals surface area contributed by atoms with Gasteiger partial charge in [-0.2, -0.15) is 0 Å². The van der Waals surface area contributed by atoms with Gasteiger partial charge in [0.1, 0.15) is 10.8 Å². The van der Waals surface area contributed by atoms with Crippen molar-refractivity contribution in [2.24, 2.45) is 10.9 Å². The van der Waals surface area contributed by atoms with Gasteiger partial charge in [0.25, 0.3) is 0 Å². The van der Waals surface area contributed by atoms with Gasteiger partial charge in [0, 0.05) is 17.5 Å². The second kappa shape index (κ2) is 7.24. The maximum Gasteiger partial charge on any atom is 0.139 e. The monoisotopic (exact) mass is 256 g/mol. The van der Waals surface area contributed by atoms with Crippen LogP contribution in [0.1, 0.15) is 42.1 Å². The first-order valence-electron chi connectivity index (χ1n) is 5.75. The molecule has 5 nitrogen and oxygen atoms in total. The van der Waals surface area contributed by atoms with Crippen LogP contribution in [0.2, 0.25) is 0 Å². The fourth-order valence-corrected chi connectivity index (χ4v) is 2.26. The quantitative estimate of drug-likeness (QED) is 0.229. The zero-order chi connectivity index (χ0) is 12.7. The molecular weight excluding hydrogens is 236 g/mol. The lowest BCUT2D eigenvalue weighted by atomic mass is 10.2. The molecule has 0 bridgehead atoms. The molecule has 1 aromatic heterocycles. The Morgan fingerprint density at radius 2 is 2.41 bits per heavy atom. The van der Waals surface area contributed by atoms with E-state index in [9.17, 15) is 0 Å². The van der Waals surface area contributed by atoms with Gasteiger partial charge in [-0.1, -0.05) is 5.16 Å². The zero-order valence-electron chi connectivity index (χ0n) is 10.3. The number of oxime groups is 1. The van der Waals surface area contributed by atoms with Gasteiger partial charge < -0.3 is 16.3 Å². The maximum absolute atomic E-state index is 8.37. The third kappa shape index (κ3) is 5.14. The van der Waals surface area contributed by atoms with Crippen molar-refractivity contribution >= 4 is 17.2 Å². The van der Waals surface area contributed by atoms with Gasteiger partial charge in [-0.3, -0.25) is 0 Å². The molecule has 0 saturated carbocycles. The average Bonchev–Trinajstić information content (AvgIpc) is 2.75. The Labute approximate surface area is 106 Å². The van der Waals surface area contributed by atoms with Crippen LogP contribution in [-0.2, 0) is 0 Å². The largest absolute Gasteiger partial charge is 0.409 e. The van der Waals surface area contributed by atoms with Crippen molar-refractivity contribution in [2.75, 3.05) is 6.54 Å². The first kappa shape index (κ1) is 13.9. The van der Waals surface area contributed by atoms with Gasteiger partial charge in [-0.05, 0) is 33.2 Å².